The summed E-state index contributed by atoms with van der Waals surface area (Å²) in [5, 5.41) is 9.34. The van der Waals surface area contributed by atoms with Gasteiger partial charge >= 0.3 is 0 Å². The van der Waals surface area contributed by atoms with Crippen LogP contribution in [-0.2, 0) is 6.54 Å². The molecule has 2 saturated heterocycles. The summed E-state index contributed by atoms with van der Waals surface area (Å²) in [7, 11) is 0. The Morgan fingerprint density at radius 3 is 2.96 bits per heavy atom. The average molecular weight is 337 g/mol. The fraction of sp³-hybridized carbons (Fsp3) is 0.421. The third kappa shape index (κ3) is 3.08. The molecule has 2 aromatic rings. The minimum atomic E-state index is -0.241. The number of nitrogens with zero attached hydrogens (tertiary/aromatic N) is 5. The lowest BCUT2D eigenvalue weighted by Crippen LogP contribution is -2.48. The molecule has 128 valence electrons. The molecule has 4 heterocycles. The summed E-state index contributed by atoms with van der Waals surface area (Å²) in [6.45, 7) is 3.35. The van der Waals surface area contributed by atoms with Gasteiger partial charge in [0.15, 0.2) is 0 Å². The topological polar surface area (TPSA) is 56.1 Å². The summed E-state index contributed by atoms with van der Waals surface area (Å²) in [4.78, 5) is 12.8. The Bertz CT molecular complexity index is 802. The highest BCUT2D eigenvalue weighted by atomic mass is 19.1. The van der Waals surface area contributed by atoms with Crippen molar-refractivity contribution in [1.82, 2.24) is 14.9 Å². The SMILES string of the molecule is N#Cc1cccnc1N1CCC2CCN(Cc3ccncc3F)C2C1. The number of pyridine rings is 2. The van der Waals surface area contributed by atoms with E-state index in [1.165, 1.54) is 6.20 Å². The molecule has 0 radical (unpaired) electrons. The Kier molecular flexibility index (Phi) is 4.33. The zero-order valence-corrected chi connectivity index (χ0v) is 14.0. The van der Waals surface area contributed by atoms with Crippen LogP contribution in [0.15, 0.2) is 36.8 Å². The van der Waals surface area contributed by atoms with Crippen molar-refractivity contribution in [1.29, 1.82) is 5.26 Å². The van der Waals surface area contributed by atoms with E-state index in [2.05, 4.69) is 25.8 Å². The van der Waals surface area contributed by atoms with E-state index in [1.54, 1.807) is 24.5 Å². The van der Waals surface area contributed by atoms with E-state index in [0.717, 1.165) is 38.3 Å². The Morgan fingerprint density at radius 1 is 1.24 bits per heavy atom. The molecule has 2 fully saturated rings. The molecule has 2 aliphatic rings. The fourth-order valence-corrected chi connectivity index (χ4v) is 4.10. The summed E-state index contributed by atoms with van der Waals surface area (Å²) in [6, 6.07) is 7.97. The normalized spacial score (nSPS) is 23.3. The maximum absolute atomic E-state index is 14.0. The summed E-state index contributed by atoms with van der Waals surface area (Å²) >= 11 is 0. The van der Waals surface area contributed by atoms with Crippen molar-refractivity contribution in [2.75, 3.05) is 24.5 Å². The van der Waals surface area contributed by atoms with Crippen LogP contribution in [0.2, 0.25) is 0 Å². The summed E-state index contributed by atoms with van der Waals surface area (Å²) in [5.41, 5.74) is 1.31. The van der Waals surface area contributed by atoms with E-state index in [0.29, 0.717) is 29.6 Å². The highest BCUT2D eigenvalue weighted by Crippen LogP contribution is 2.34. The van der Waals surface area contributed by atoms with Gasteiger partial charge in [-0.1, -0.05) is 0 Å². The molecule has 0 saturated carbocycles. The Labute approximate surface area is 146 Å². The Morgan fingerprint density at radius 2 is 2.12 bits per heavy atom. The summed E-state index contributed by atoms with van der Waals surface area (Å²) < 4.78 is 14.0. The molecular weight excluding hydrogens is 317 g/mol. The van der Waals surface area contributed by atoms with E-state index in [4.69, 9.17) is 0 Å². The van der Waals surface area contributed by atoms with Gasteiger partial charge in [-0.15, -0.1) is 0 Å². The Balaban J connectivity index is 1.53. The predicted molar refractivity (Wildman–Crippen MR) is 92.3 cm³/mol. The van der Waals surface area contributed by atoms with Gasteiger partial charge in [0.05, 0.1) is 11.8 Å². The van der Waals surface area contributed by atoms with Crippen LogP contribution < -0.4 is 4.90 Å². The fourth-order valence-electron chi connectivity index (χ4n) is 4.10. The second kappa shape index (κ2) is 6.77. The molecule has 0 N–H and O–H groups in total. The molecule has 4 rings (SSSR count). The van der Waals surface area contributed by atoms with Crippen LogP contribution in [0.3, 0.4) is 0 Å². The molecule has 0 amide bonds. The van der Waals surface area contributed by atoms with Crippen molar-refractivity contribution in [2.24, 2.45) is 5.92 Å². The molecule has 0 aliphatic carbocycles. The molecule has 0 spiro atoms. The quantitative estimate of drug-likeness (QED) is 0.862. The maximum Gasteiger partial charge on any atom is 0.146 e. The smallest absolute Gasteiger partial charge is 0.146 e. The first-order chi connectivity index (χ1) is 12.3. The zero-order chi connectivity index (χ0) is 17.2. The number of fused-ring (bicyclic) bond motifs is 1. The van der Waals surface area contributed by atoms with Crippen molar-refractivity contribution < 1.29 is 4.39 Å². The van der Waals surface area contributed by atoms with Gasteiger partial charge in [0.1, 0.15) is 17.7 Å². The van der Waals surface area contributed by atoms with Crippen LogP contribution >= 0.6 is 0 Å². The van der Waals surface area contributed by atoms with Gasteiger partial charge in [0.2, 0.25) is 0 Å². The van der Waals surface area contributed by atoms with E-state index < -0.39 is 0 Å². The number of likely N-dealkylation sites (tertiary alicyclic amines) is 1. The minimum Gasteiger partial charge on any atom is -0.354 e. The standard InChI is InChI=1S/C19H20FN5/c20-17-11-22-7-3-16(17)12-24-8-4-14-5-9-25(13-18(14)24)19-15(10-21)2-1-6-23-19/h1-3,6-7,11,14,18H,4-5,8-9,12-13H2. The molecule has 2 aliphatic heterocycles. The van der Waals surface area contributed by atoms with Crippen molar-refractivity contribution in [3.8, 4) is 6.07 Å². The van der Waals surface area contributed by atoms with Crippen LogP contribution in [0.25, 0.3) is 0 Å². The molecule has 2 atom stereocenters. The first-order valence-corrected chi connectivity index (χ1v) is 8.69. The molecule has 25 heavy (non-hydrogen) atoms. The lowest BCUT2D eigenvalue weighted by molar-refractivity contribution is 0.198. The van der Waals surface area contributed by atoms with Crippen LogP contribution in [0.1, 0.15) is 24.0 Å². The van der Waals surface area contributed by atoms with Crippen LogP contribution in [-0.4, -0.2) is 40.5 Å². The first-order valence-electron chi connectivity index (χ1n) is 8.69. The molecule has 6 heteroatoms. The number of anilines is 1. The van der Waals surface area contributed by atoms with Gasteiger partial charge < -0.3 is 4.90 Å². The van der Waals surface area contributed by atoms with E-state index in [9.17, 15) is 9.65 Å². The number of hydrogen-bond acceptors (Lipinski definition) is 5. The van der Waals surface area contributed by atoms with Crippen LogP contribution in [0.5, 0.6) is 0 Å². The van der Waals surface area contributed by atoms with Crippen molar-refractivity contribution in [2.45, 2.75) is 25.4 Å². The maximum atomic E-state index is 14.0. The second-order valence-corrected chi connectivity index (χ2v) is 6.77. The summed E-state index contributed by atoms with van der Waals surface area (Å²) in [6.07, 6.45) is 6.90. The second-order valence-electron chi connectivity index (χ2n) is 6.77. The first kappa shape index (κ1) is 16.0. The van der Waals surface area contributed by atoms with Gasteiger partial charge in [-0.05, 0) is 43.5 Å². The van der Waals surface area contributed by atoms with E-state index >= 15 is 0 Å². The number of nitriles is 1. The lowest BCUT2D eigenvalue weighted by atomic mass is 9.92. The van der Waals surface area contributed by atoms with Gasteiger partial charge in [0, 0.05) is 43.6 Å². The zero-order valence-electron chi connectivity index (χ0n) is 14.0. The molecule has 0 bridgehead atoms. The number of piperidine rings is 1. The average Bonchev–Trinajstić information content (AvgIpc) is 3.05. The highest BCUT2D eigenvalue weighted by Gasteiger charge is 2.39. The molecular formula is C19H20FN5. The third-order valence-corrected chi connectivity index (χ3v) is 5.41. The van der Waals surface area contributed by atoms with E-state index in [-0.39, 0.29) is 5.82 Å². The number of hydrogen-bond donors (Lipinski definition) is 0. The van der Waals surface area contributed by atoms with Crippen molar-refractivity contribution in [3.05, 3.63) is 53.7 Å². The molecule has 2 aromatic heterocycles. The number of aromatic nitrogens is 2. The summed E-state index contributed by atoms with van der Waals surface area (Å²) in [5.74, 6) is 1.16. The minimum absolute atomic E-state index is 0.241. The molecule has 2 unspecified atom stereocenters. The van der Waals surface area contributed by atoms with Gasteiger partial charge in [-0.25, -0.2) is 9.37 Å². The van der Waals surface area contributed by atoms with Crippen molar-refractivity contribution in [3.63, 3.8) is 0 Å². The van der Waals surface area contributed by atoms with E-state index in [1.807, 2.05) is 6.07 Å². The van der Waals surface area contributed by atoms with Crippen LogP contribution in [0.4, 0.5) is 10.2 Å². The van der Waals surface area contributed by atoms with Gasteiger partial charge in [-0.3, -0.25) is 9.88 Å². The number of rotatable bonds is 3. The van der Waals surface area contributed by atoms with Gasteiger partial charge in [0.25, 0.3) is 0 Å². The van der Waals surface area contributed by atoms with Crippen LogP contribution in [0, 0.1) is 23.1 Å². The van der Waals surface area contributed by atoms with Gasteiger partial charge in [-0.2, -0.15) is 5.26 Å². The molecule has 5 nitrogen and oxygen atoms in total. The predicted octanol–water partition coefficient (Wildman–Crippen LogP) is 2.59. The third-order valence-electron chi connectivity index (χ3n) is 5.41. The van der Waals surface area contributed by atoms with Crippen molar-refractivity contribution >= 4 is 5.82 Å². The highest BCUT2D eigenvalue weighted by molar-refractivity contribution is 5.54. The largest absolute Gasteiger partial charge is 0.354 e. The monoisotopic (exact) mass is 337 g/mol. The lowest BCUT2D eigenvalue weighted by Gasteiger charge is -2.39. The number of halogens is 1. The molecule has 0 aromatic carbocycles. The Hall–Kier alpha value is -2.52.